The predicted molar refractivity (Wildman–Crippen MR) is 109 cm³/mol. The minimum Gasteiger partial charge on any atom is -0.494 e. The van der Waals surface area contributed by atoms with Gasteiger partial charge in [-0.15, -0.1) is 0 Å². The van der Waals surface area contributed by atoms with Crippen molar-refractivity contribution < 1.29 is 9.53 Å². The third-order valence-electron chi connectivity index (χ3n) is 3.89. The summed E-state index contributed by atoms with van der Waals surface area (Å²) < 4.78 is 6.01. The Morgan fingerprint density at radius 2 is 1.88 bits per heavy atom. The molecule has 1 aliphatic rings. The minimum absolute atomic E-state index is 0.0717. The third-order valence-corrected chi connectivity index (χ3v) is 5.19. The first kappa shape index (κ1) is 17.7. The molecule has 0 aliphatic carbocycles. The number of amides is 1. The zero-order valence-electron chi connectivity index (χ0n) is 14.4. The van der Waals surface area contributed by atoms with Gasteiger partial charge in [0.15, 0.2) is 4.32 Å². The van der Waals surface area contributed by atoms with Gasteiger partial charge >= 0.3 is 0 Å². The van der Waals surface area contributed by atoms with E-state index >= 15 is 0 Å². The first-order chi connectivity index (χ1) is 12.0. The van der Waals surface area contributed by atoms with Gasteiger partial charge in [-0.3, -0.25) is 9.69 Å². The molecule has 1 aliphatic heterocycles. The summed E-state index contributed by atoms with van der Waals surface area (Å²) in [6, 6.07) is 13.7. The molecule has 1 heterocycles. The fraction of sp³-hybridized carbons (Fsp3) is 0.200. The molecule has 1 fully saturated rings. The second-order valence-corrected chi connectivity index (χ2v) is 7.48. The quantitative estimate of drug-likeness (QED) is 0.553. The molecule has 2 aromatic carbocycles. The lowest BCUT2D eigenvalue weighted by Gasteiger charge is -2.17. The number of anilines is 1. The predicted octanol–water partition coefficient (Wildman–Crippen LogP) is 5.11. The summed E-state index contributed by atoms with van der Waals surface area (Å²) in [5.74, 6) is 0.750. The average molecular weight is 370 g/mol. The summed E-state index contributed by atoms with van der Waals surface area (Å²) >= 11 is 6.80. The number of hydrogen-bond acceptors (Lipinski definition) is 4. The SMILES string of the molecule is CCOc1ccc(/C=C2\SC(=S)N(c3cc(C)ccc3C)C2=O)cc1. The molecule has 5 heteroatoms. The molecule has 3 rings (SSSR count). The van der Waals surface area contributed by atoms with E-state index in [1.54, 1.807) is 4.90 Å². The minimum atomic E-state index is -0.0717. The molecule has 2 aromatic rings. The number of thiocarbonyl (C=S) groups is 1. The number of nitrogens with zero attached hydrogens (tertiary/aromatic N) is 1. The van der Waals surface area contributed by atoms with Crippen LogP contribution in [0, 0.1) is 13.8 Å². The van der Waals surface area contributed by atoms with Crippen LogP contribution in [0.3, 0.4) is 0 Å². The van der Waals surface area contributed by atoms with Gasteiger partial charge in [0.2, 0.25) is 0 Å². The number of rotatable bonds is 4. The van der Waals surface area contributed by atoms with Gasteiger partial charge in [-0.1, -0.05) is 48.2 Å². The highest BCUT2D eigenvalue weighted by Crippen LogP contribution is 2.37. The Kier molecular flexibility index (Phi) is 5.25. The second kappa shape index (κ2) is 7.42. The number of thioether (sulfide) groups is 1. The molecule has 128 valence electrons. The molecule has 0 atom stereocenters. The molecule has 0 bridgehead atoms. The molecule has 25 heavy (non-hydrogen) atoms. The van der Waals surface area contributed by atoms with Crippen LogP contribution in [0.1, 0.15) is 23.6 Å². The number of ether oxygens (including phenoxy) is 1. The van der Waals surface area contributed by atoms with Gasteiger partial charge in [0.25, 0.3) is 5.91 Å². The van der Waals surface area contributed by atoms with Crippen molar-refractivity contribution in [3.63, 3.8) is 0 Å². The van der Waals surface area contributed by atoms with E-state index in [1.807, 2.05) is 69.3 Å². The lowest BCUT2D eigenvalue weighted by molar-refractivity contribution is -0.113. The fourth-order valence-electron chi connectivity index (χ4n) is 2.61. The van der Waals surface area contributed by atoms with Crippen molar-refractivity contribution in [3.05, 3.63) is 64.1 Å². The van der Waals surface area contributed by atoms with Crippen LogP contribution in [0.5, 0.6) is 5.75 Å². The molecule has 0 N–H and O–H groups in total. The molecule has 0 spiro atoms. The topological polar surface area (TPSA) is 29.5 Å². The number of hydrogen-bond donors (Lipinski definition) is 0. The van der Waals surface area contributed by atoms with Crippen molar-refractivity contribution in [2.45, 2.75) is 20.8 Å². The Morgan fingerprint density at radius 1 is 1.16 bits per heavy atom. The lowest BCUT2D eigenvalue weighted by Crippen LogP contribution is -2.28. The van der Waals surface area contributed by atoms with Crippen LogP contribution in [-0.2, 0) is 4.79 Å². The van der Waals surface area contributed by atoms with Crippen LogP contribution in [-0.4, -0.2) is 16.8 Å². The first-order valence-electron chi connectivity index (χ1n) is 8.07. The summed E-state index contributed by atoms with van der Waals surface area (Å²) in [5.41, 5.74) is 3.94. The Balaban J connectivity index is 1.89. The van der Waals surface area contributed by atoms with Crippen molar-refractivity contribution in [2.75, 3.05) is 11.5 Å². The van der Waals surface area contributed by atoms with Crippen molar-refractivity contribution >= 4 is 46.0 Å². The standard InChI is InChI=1S/C20H19NO2S2/c1-4-23-16-9-7-15(8-10-16)12-18-19(22)21(20(24)25-18)17-11-13(2)5-6-14(17)3/h5-12H,4H2,1-3H3/b18-12-. The van der Waals surface area contributed by atoms with Gasteiger partial charge in [0, 0.05) is 0 Å². The summed E-state index contributed by atoms with van der Waals surface area (Å²) in [6.45, 7) is 6.58. The molecule has 1 amide bonds. The van der Waals surface area contributed by atoms with Crippen LogP contribution < -0.4 is 9.64 Å². The fourth-order valence-corrected chi connectivity index (χ4v) is 3.90. The zero-order valence-corrected chi connectivity index (χ0v) is 16.0. The smallest absolute Gasteiger partial charge is 0.270 e. The second-order valence-electron chi connectivity index (χ2n) is 5.81. The number of carbonyl (C=O) groups excluding carboxylic acids is 1. The van der Waals surface area contributed by atoms with E-state index in [1.165, 1.54) is 11.8 Å². The van der Waals surface area contributed by atoms with Crippen LogP contribution >= 0.6 is 24.0 Å². The van der Waals surface area contributed by atoms with E-state index in [-0.39, 0.29) is 5.91 Å². The molecule has 3 nitrogen and oxygen atoms in total. The van der Waals surface area contributed by atoms with E-state index in [0.29, 0.717) is 15.8 Å². The number of aryl methyl sites for hydroxylation is 2. The molecule has 0 unspecified atom stereocenters. The van der Waals surface area contributed by atoms with E-state index in [4.69, 9.17) is 17.0 Å². The maximum Gasteiger partial charge on any atom is 0.270 e. The van der Waals surface area contributed by atoms with Crippen LogP contribution in [0.4, 0.5) is 5.69 Å². The van der Waals surface area contributed by atoms with Crippen LogP contribution in [0.2, 0.25) is 0 Å². The Bertz CT molecular complexity index is 856. The molecule has 1 saturated heterocycles. The van der Waals surface area contributed by atoms with E-state index in [0.717, 1.165) is 28.1 Å². The monoisotopic (exact) mass is 369 g/mol. The van der Waals surface area contributed by atoms with Crippen LogP contribution in [0.15, 0.2) is 47.4 Å². The molecule has 0 saturated carbocycles. The number of benzene rings is 2. The van der Waals surface area contributed by atoms with Gasteiger partial charge in [-0.05, 0) is 61.7 Å². The molecular weight excluding hydrogens is 350 g/mol. The highest BCUT2D eigenvalue weighted by molar-refractivity contribution is 8.27. The normalized spacial score (nSPS) is 16.0. The maximum absolute atomic E-state index is 12.9. The van der Waals surface area contributed by atoms with E-state index in [2.05, 4.69) is 0 Å². The summed E-state index contributed by atoms with van der Waals surface area (Å²) in [7, 11) is 0. The highest BCUT2D eigenvalue weighted by Gasteiger charge is 2.34. The summed E-state index contributed by atoms with van der Waals surface area (Å²) in [4.78, 5) is 15.1. The first-order valence-corrected chi connectivity index (χ1v) is 9.30. The zero-order chi connectivity index (χ0) is 18.0. The van der Waals surface area contributed by atoms with Crippen molar-refractivity contribution in [1.29, 1.82) is 0 Å². The average Bonchev–Trinajstić information content (AvgIpc) is 2.86. The Hall–Kier alpha value is -2.11. The third kappa shape index (κ3) is 3.78. The lowest BCUT2D eigenvalue weighted by atomic mass is 10.1. The van der Waals surface area contributed by atoms with Gasteiger partial charge in [0.05, 0.1) is 17.2 Å². The maximum atomic E-state index is 12.9. The van der Waals surface area contributed by atoms with Gasteiger partial charge in [-0.2, -0.15) is 0 Å². The molecular formula is C20H19NO2S2. The van der Waals surface area contributed by atoms with Gasteiger partial charge in [0.1, 0.15) is 5.75 Å². The van der Waals surface area contributed by atoms with E-state index in [9.17, 15) is 4.79 Å². The van der Waals surface area contributed by atoms with Crippen molar-refractivity contribution in [3.8, 4) is 5.75 Å². The van der Waals surface area contributed by atoms with Crippen LogP contribution in [0.25, 0.3) is 6.08 Å². The Labute approximate surface area is 157 Å². The van der Waals surface area contributed by atoms with Crippen molar-refractivity contribution in [2.24, 2.45) is 0 Å². The van der Waals surface area contributed by atoms with Gasteiger partial charge < -0.3 is 4.74 Å². The summed E-state index contributed by atoms with van der Waals surface area (Å²) in [5, 5.41) is 0. The largest absolute Gasteiger partial charge is 0.494 e. The molecule has 0 aromatic heterocycles. The summed E-state index contributed by atoms with van der Waals surface area (Å²) in [6.07, 6.45) is 1.88. The Morgan fingerprint density at radius 3 is 2.56 bits per heavy atom. The number of carbonyl (C=O) groups is 1. The highest BCUT2D eigenvalue weighted by atomic mass is 32.2. The van der Waals surface area contributed by atoms with E-state index < -0.39 is 0 Å². The molecule has 0 radical (unpaired) electrons. The van der Waals surface area contributed by atoms with Crippen molar-refractivity contribution in [1.82, 2.24) is 0 Å². The van der Waals surface area contributed by atoms with Gasteiger partial charge in [-0.25, -0.2) is 0 Å².